The minimum absolute atomic E-state index is 0.154. The van der Waals surface area contributed by atoms with Crippen molar-refractivity contribution < 1.29 is 4.79 Å². The number of carbonyl (C=O) groups excluding carboxylic acids is 1. The maximum Gasteiger partial charge on any atom is 0.340 e. The van der Waals surface area contributed by atoms with Crippen LogP contribution in [0.1, 0.15) is 41.5 Å². The molecule has 1 fully saturated rings. The fourth-order valence-corrected chi connectivity index (χ4v) is 2.77. The molecule has 7 nitrogen and oxygen atoms in total. The van der Waals surface area contributed by atoms with Gasteiger partial charge in [0.1, 0.15) is 0 Å². The van der Waals surface area contributed by atoms with E-state index >= 15 is 0 Å². The number of likely N-dealkylation sites (tertiary alicyclic amines) is 1. The molecule has 0 spiro atoms. The van der Waals surface area contributed by atoms with Gasteiger partial charge in [0.05, 0.1) is 16.6 Å². The Bertz CT molecular complexity index is 710. The van der Waals surface area contributed by atoms with E-state index < -0.39 is 0 Å². The maximum atomic E-state index is 12.6. The minimum Gasteiger partial charge on any atom is -0.328 e. The monoisotopic (exact) mass is 307 g/mol. The fourth-order valence-electron chi connectivity index (χ4n) is 2.59. The lowest BCUT2D eigenvalue weighted by atomic mass is 10.0. The number of nitrogens with one attached hydrogen (secondary N) is 2. The van der Waals surface area contributed by atoms with E-state index in [1.54, 1.807) is 11.0 Å². The lowest BCUT2D eigenvalue weighted by Crippen LogP contribution is -2.39. The summed E-state index contributed by atoms with van der Waals surface area (Å²) >= 11 is 5.89. The first kappa shape index (κ1) is 13.8. The zero-order chi connectivity index (χ0) is 14.8. The number of hydrogen-bond donors (Lipinski definition) is 2. The smallest absolute Gasteiger partial charge is 0.328 e. The number of aromatic nitrogens is 4. The van der Waals surface area contributed by atoms with Crippen LogP contribution in [0, 0.1) is 0 Å². The molecule has 21 heavy (non-hydrogen) atoms. The van der Waals surface area contributed by atoms with Gasteiger partial charge in [-0.15, -0.1) is 0 Å². The van der Waals surface area contributed by atoms with Crippen LogP contribution in [0.3, 0.4) is 0 Å². The van der Waals surface area contributed by atoms with E-state index in [4.69, 9.17) is 11.6 Å². The molecule has 1 amide bonds. The Morgan fingerprint density at radius 3 is 2.95 bits per heavy atom. The highest BCUT2D eigenvalue weighted by Crippen LogP contribution is 2.29. The summed E-state index contributed by atoms with van der Waals surface area (Å²) in [6.07, 6.45) is 5.65. The van der Waals surface area contributed by atoms with Gasteiger partial charge in [-0.1, -0.05) is 11.6 Å². The first-order valence-corrected chi connectivity index (χ1v) is 7.09. The van der Waals surface area contributed by atoms with Crippen LogP contribution < -0.4 is 5.69 Å². The number of rotatable bonds is 2. The molecule has 0 radical (unpaired) electrons. The predicted octanol–water partition coefficient (Wildman–Crippen LogP) is 1.51. The van der Waals surface area contributed by atoms with Gasteiger partial charge >= 0.3 is 5.69 Å². The molecule has 1 saturated heterocycles. The molecule has 110 valence electrons. The summed E-state index contributed by atoms with van der Waals surface area (Å²) in [5.74, 6) is 0.335. The van der Waals surface area contributed by atoms with Gasteiger partial charge < -0.3 is 4.90 Å². The molecule has 2 aromatic rings. The zero-order valence-corrected chi connectivity index (χ0v) is 11.9. The third kappa shape index (κ3) is 2.82. The minimum atomic E-state index is -0.368. The van der Waals surface area contributed by atoms with Crippen LogP contribution in [0.4, 0.5) is 0 Å². The third-order valence-corrected chi connectivity index (χ3v) is 3.76. The average molecular weight is 308 g/mol. The Hall–Kier alpha value is -2.15. The van der Waals surface area contributed by atoms with Crippen molar-refractivity contribution in [2.75, 3.05) is 6.54 Å². The van der Waals surface area contributed by atoms with Crippen LogP contribution in [0.15, 0.2) is 23.3 Å². The lowest BCUT2D eigenvalue weighted by molar-refractivity contribution is 0.0600. The first-order chi connectivity index (χ1) is 10.1. The predicted molar refractivity (Wildman–Crippen MR) is 76.1 cm³/mol. The highest BCUT2D eigenvalue weighted by molar-refractivity contribution is 6.30. The van der Waals surface area contributed by atoms with Gasteiger partial charge in [-0.3, -0.25) is 14.8 Å². The summed E-state index contributed by atoms with van der Waals surface area (Å²) in [6.45, 7) is 0.616. The lowest BCUT2D eigenvalue weighted by Gasteiger charge is -2.34. The van der Waals surface area contributed by atoms with E-state index in [0.717, 1.165) is 19.3 Å². The largest absolute Gasteiger partial charge is 0.340 e. The number of H-pyrrole nitrogens is 2. The molecule has 3 rings (SSSR count). The highest BCUT2D eigenvalue weighted by Gasteiger charge is 2.31. The van der Waals surface area contributed by atoms with E-state index in [1.165, 1.54) is 12.4 Å². The molecule has 0 saturated carbocycles. The second-order valence-electron chi connectivity index (χ2n) is 4.96. The second-order valence-corrected chi connectivity index (χ2v) is 5.40. The van der Waals surface area contributed by atoms with Crippen molar-refractivity contribution in [3.05, 3.63) is 45.4 Å². The van der Waals surface area contributed by atoms with Crippen molar-refractivity contribution in [2.45, 2.75) is 25.3 Å². The Morgan fingerprint density at radius 2 is 2.24 bits per heavy atom. The summed E-state index contributed by atoms with van der Waals surface area (Å²) in [5.41, 5.74) is 0.0691. The molecule has 1 atom stereocenters. The number of carbonyl (C=O) groups is 1. The van der Waals surface area contributed by atoms with Gasteiger partial charge in [0.25, 0.3) is 5.91 Å². The second kappa shape index (κ2) is 5.69. The molecule has 0 aliphatic carbocycles. The first-order valence-electron chi connectivity index (χ1n) is 6.71. The number of amides is 1. The summed E-state index contributed by atoms with van der Waals surface area (Å²) in [7, 11) is 0. The highest BCUT2D eigenvalue weighted by atomic mass is 35.5. The topological polar surface area (TPSA) is 94.7 Å². The van der Waals surface area contributed by atoms with E-state index in [0.29, 0.717) is 23.0 Å². The summed E-state index contributed by atoms with van der Waals surface area (Å²) < 4.78 is 0. The molecule has 0 aromatic carbocycles. The Kier molecular flexibility index (Phi) is 3.74. The van der Waals surface area contributed by atoms with Crippen LogP contribution in [-0.4, -0.2) is 37.5 Å². The van der Waals surface area contributed by atoms with Crippen molar-refractivity contribution >= 4 is 17.5 Å². The molecule has 1 unspecified atom stereocenters. The number of piperidine rings is 1. The molecule has 8 heteroatoms. The number of halogens is 1. The van der Waals surface area contributed by atoms with E-state index in [-0.39, 0.29) is 17.6 Å². The quantitative estimate of drug-likeness (QED) is 0.879. The van der Waals surface area contributed by atoms with Gasteiger partial charge in [0, 0.05) is 18.9 Å². The number of nitrogens with zero attached hydrogens (tertiary/aromatic N) is 3. The number of pyridine rings is 1. The molecule has 0 bridgehead atoms. The van der Waals surface area contributed by atoms with Crippen LogP contribution in [0.5, 0.6) is 0 Å². The fraction of sp³-hybridized carbons (Fsp3) is 0.385. The Balaban J connectivity index is 1.90. The Labute approximate surface area is 125 Å². The van der Waals surface area contributed by atoms with Gasteiger partial charge in [-0.25, -0.2) is 9.89 Å². The standard InChI is InChI=1S/C13H14ClN5O2/c14-9-5-8(6-15-7-9)12(20)19-4-2-1-3-10(19)11-16-13(21)18-17-11/h5-7,10H,1-4H2,(H2,16,17,18,21). The van der Waals surface area contributed by atoms with Crippen molar-refractivity contribution in [1.29, 1.82) is 0 Å². The van der Waals surface area contributed by atoms with E-state index in [1.807, 2.05) is 0 Å². The summed E-state index contributed by atoms with van der Waals surface area (Å²) in [4.78, 5) is 32.1. The van der Waals surface area contributed by atoms with Gasteiger partial charge in [-0.2, -0.15) is 5.10 Å². The summed E-state index contributed by atoms with van der Waals surface area (Å²) in [6, 6.07) is 1.36. The van der Waals surface area contributed by atoms with Crippen molar-refractivity contribution in [2.24, 2.45) is 0 Å². The van der Waals surface area contributed by atoms with E-state index in [2.05, 4.69) is 20.2 Å². The summed E-state index contributed by atoms with van der Waals surface area (Å²) in [5, 5.41) is 6.72. The molecule has 3 heterocycles. The van der Waals surface area contributed by atoms with Gasteiger partial charge in [0.2, 0.25) is 0 Å². The normalized spacial score (nSPS) is 18.7. The van der Waals surface area contributed by atoms with Crippen molar-refractivity contribution in [3.8, 4) is 0 Å². The SMILES string of the molecule is O=C(c1cncc(Cl)c1)N1CCCCC1c1n[nH]c(=O)[nH]1. The number of aromatic amines is 2. The molecule has 2 N–H and O–H groups in total. The molecular weight excluding hydrogens is 294 g/mol. The van der Waals surface area contributed by atoms with Gasteiger partial charge in [0.15, 0.2) is 5.82 Å². The van der Waals surface area contributed by atoms with Crippen molar-refractivity contribution in [3.63, 3.8) is 0 Å². The van der Waals surface area contributed by atoms with Crippen LogP contribution in [0.25, 0.3) is 0 Å². The molecule has 1 aliphatic rings. The average Bonchev–Trinajstić information content (AvgIpc) is 2.93. The Morgan fingerprint density at radius 1 is 1.38 bits per heavy atom. The molecular formula is C13H14ClN5O2. The molecule has 2 aromatic heterocycles. The third-order valence-electron chi connectivity index (χ3n) is 3.55. The maximum absolute atomic E-state index is 12.6. The van der Waals surface area contributed by atoms with Crippen LogP contribution in [-0.2, 0) is 0 Å². The van der Waals surface area contributed by atoms with Crippen LogP contribution >= 0.6 is 11.6 Å². The van der Waals surface area contributed by atoms with E-state index in [9.17, 15) is 9.59 Å². The zero-order valence-electron chi connectivity index (χ0n) is 11.2. The van der Waals surface area contributed by atoms with Gasteiger partial charge in [-0.05, 0) is 25.3 Å². The van der Waals surface area contributed by atoms with Crippen molar-refractivity contribution in [1.82, 2.24) is 25.1 Å². The van der Waals surface area contributed by atoms with Crippen LogP contribution in [0.2, 0.25) is 5.02 Å². The number of hydrogen-bond acceptors (Lipinski definition) is 4. The molecule has 1 aliphatic heterocycles.